The molecule has 0 bridgehead atoms. The van der Waals surface area contributed by atoms with E-state index in [1.807, 2.05) is 0 Å². The molecule has 24 heavy (non-hydrogen) atoms. The average Bonchev–Trinajstić information content (AvgIpc) is 2.52. The van der Waals surface area contributed by atoms with Crippen LogP contribution >= 0.6 is 11.6 Å². The van der Waals surface area contributed by atoms with Crippen LogP contribution in [0.25, 0.3) is 0 Å². The number of rotatable bonds is 6. The first kappa shape index (κ1) is 17.7. The molecule has 8 heteroatoms. The van der Waals surface area contributed by atoms with E-state index < -0.39 is 25.1 Å². The SMILES string of the molecule is O=C(COC(=O)c1cccc(OC(F)F)c1)Nc1cccc(Cl)c1. The lowest BCUT2D eigenvalue weighted by Gasteiger charge is -2.08. The molecule has 0 saturated carbocycles. The van der Waals surface area contributed by atoms with Gasteiger partial charge in [0.2, 0.25) is 0 Å². The molecule has 1 N–H and O–H groups in total. The summed E-state index contributed by atoms with van der Waals surface area (Å²) in [6.07, 6.45) is 0. The quantitative estimate of drug-likeness (QED) is 0.802. The van der Waals surface area contributed by atoms with Crippen LogP contribution in [0.3, 0.4) is 0 Å². The third-order valence-electron chi connectivity index (χ3n) is 2.74. The number of hydrogen-bond acceptors (Lipinski definition) is 4. The molecule has 0 radical (unpaired) electrons. The number of benzene rings is 2. The van der Waals surface area contributed by atoms with Gasteiger partial charge in [-0.25, -0.2) is 4.79 Å². The minimum absolute atomic E-state index is 0.0105. The van der Waals surface area contributed by atoms with Crippen molar-refractivity contribution in [3.05, 3.63) is 59.1 Å². The molecule has 2 aromatic carbocycles. The number of esters is 1. The van der Waals surface area contributed by atoms with E-state index in [1.165, 1.54) is 24.3 Å². The highest BCUT2D eigenvalue weighted by Gasteiger charge is 2.12. The summed E-state index contributed by atoms with van der Waals surface area (Å²) in [5.74, 6) is -1.58. The Hall–Kier alpha value is -2.67. The molecule has 0 unspecified atom stereocenters. The summed E-state index contributed by atoms with van der Waals surface area (Å²) in [5.41, 5.74) is 0.444. The minimum atomic E-state index is -3.00. The molecule has 0 fully saturated rings. The van der Waals surface area contributed by atoms with Crippen LogP contribution in [-0.4, -0.2) is 25.1 Å². The van der Waals surface area contributed by atoms with E-state index in [1.54, 1.807) is 18.2 Å². The Kier molecular flexibility index (Phi) is 6.08. The Morgan fingerprint density at radius 1 is 1.12 bits per heavy atom. The molecular weight excluding hydrogens is 344 g/mol. The Balaban J connectivity index is 1.89. The number of hydrogen-bond donors (Lipinski definition) is 1. The third kappa shape index (κ3) is 5.51. The zero-order valence-corrected chi connectivity index (χ0v) is 12.9. The normalized spacial score (nSPS) is 10.3. The summed E-state index contributed by atoms with van der Waals surface area (Å²) >= 11 is 5.78. The zero-order valence-electron chi connectivity index (χ0n) is 12.2. The Morgan fingerprint density at radius 3 is 2.58 bits per heavy atom. The molecule has 0 atom stereocenters. The number of anilines is 1. The lowest BCUT2D eigenvalue weighted by molar-refractivity contribution is -0.119. The van der Waals surface area contributed by atoms with Crippen LogP contribution in [0.4, 0.5) is 14.5 Å². The monoisotopic (exact) mass is 355 g/mol. The standard InChI is InChI=1S/C16H12ClF2NO4/c17-11-4-2-5-12(8-11)20-14(21)9-23-15(22)10-3-1-6-13(7-10)24-16(18)19/h1-8,16H,9H2,(H,20,21). The lowest BCUT2D eigenvalue weighted by atomic mass is 10.2. The Labute approximate surface area is 141 Å². The van der Waals surface area contributed by atoms with Crippen molar-refractivity contribution in [2.24, 2.45) is 0 Å². The predicted molar refractivity (Wildman–Crippen MR) is 83.4 cm³/mol. The fraction of sp³-hybridized carbons (Fsp3) is 0.125. The van der Waals surface area contributed by atoms with Gasteiger partial charge < -0.3 is 14.8 Å². The zero-order chi connectivity index (χ0) is 17.5. The van der Waals surface area contributed by atoms with Crippen LogP contribution in [0.2, 0.25) is 5.02 Å². The van der Waals surface area contributed by atoms with Gasteiger partial charge in [-0.2, -0.15) is 8.78 Å². The molecule has 0 aliphatic rings. The van der Waals surface area contributed by atoms with Crippen LogP contribution in [0.5, 0.6) is 5.75 Å². The van der Waals surface area contributed by atoms with Crippen LogP contribution in [0, 0.1) is 0 Å². The first-order chi connectivity index (χ1) is 11.4. The summed E-state index contributed by atoms with van der Waals surface area (Å²) in [7, 11) is 0. The first-order valence-corrected chi connectivity index (χ1v) is 7.09. The Morgan fingerprint density at radius 2 is 1.88 bits per heavy atom. The summed E-state index contributed by atoms with van der Waals surface area (Å²) in [6.45, 7) is -3.54. The number of amides is 1. The van der Waals surface area contributed by atoms with E-state index in [9.17, 15) is 18.4 Å². The first-order valence-electron chi connectivity index (χ1n) is 6.71. The number of ether oxygens (including phenoxy) is 2. The van der Waals surface area contributed by atoms with E-state index in [-0.39, 0.29) is 11.3 Å². The number of nitrogens with one attached hydrogen (secondary N) is 1. The van der Waals surface area contributed by atoms with E-state index in [0.29, 0.717) is 10.7 Å². The van der Waals surface area contributed by atoms with Crippen molar-refractivity contribution < 1.29 is 27.8 Å². The molecule has 0 aliphatic heterocycles. The maximum Gasteiger partial charge on any atom is 0.387 e. The van der Waals surface area contributed by atoms with Crippen molar-refractivity contribution >= 4 is 29.2 Å². The van der Waals surface area contributed by atoms with Crippen molar-refractivity contribution in [3.63, 3.8) is 0 Å². The molecule has 0 spiro atoms. The second kappa shape index (κ2) is 8.26. The van der Waals surface area contributed by atoms with Gasteiger partial charge in [0, 0.05) is 10.7 Å². The molecule has 2 aromatic rings. The fourth-order valence-corrected chi connectivity index (χ4v) is 1.97. The van der Waals surface area contributed by atoms with Gasteiger partial charge in [0.25, 0.3) is 5.91 Å². The minimum Gasteiger partial charge on any atom is -0.452 e. The van der Waals surface area contributed by atoms with Crippen LogP contribution < -0.4 is 10.1 Å². The van der Waals surface area contributed by atoms with Crippen molar-refractivity contribution in [3.8, 4) is 5.75 Å². The van der Waals surface area contributed by atoms with E-state index in [4.69, 9.17) is 16.3 Å². The van der Waals surface area contributed by atoms with Crippen molar-refractivity contribution in [1.82, 2.24) is 0 Å². The highest BCUT2D eigenvalue weighted by molar-refractivity contribution is 6.30. The lowest BCUT2D eigenvalue weighted by Crippen LogP contribution is -2.21. The topological polar surface area (TPSA) is 64.6 Å². The number of alkyl halides is 2. The second-order valence-corrected chi connectivity index (χ2v) is 4.98. The molecular formula is C16H12ClF2NO4. The van der Waals surface area contributed by atoms with E-state index in [0.717, 1.165) is 6.07 Å². The molecule has 5 nitrogen and oxygen atoms in total. The van der Waals surface area contributed by atoms with Crippen molar-refractivity contribution in [2.75, 3.05) is 11.9 Å². The smallest absolute Gasteiger partial charge is 0.387 e. The third-order valence-corrected chi connectivity index (χ3v) is 2.97. The predicted octanol–water partition coefficient (Wildman–Crippen LogP) is 3.74. The van der Waals surface area contributed by atoms with Gasteiger partial charge in [-0.15, -0.1) is 0 Å². The molecule has 2 rings (SSSR count). The summed E-state index contributed by atoms with van der Waals surface area (Å²) in [4.78, 5) is 23.5. The van der Waals surface area contributed by atoms with Crippen LogP contribution in [0.15, 0.2) is 48.5 Å². The fourth-order valence-electron chi connectivity index (χ4n) is 1.78. The molecule has 0 saturated heterocycles. The molecule has 1 amide bonds. The van der Waals surface area contributed by atoms with Crippen molar-refractivity contribution in [2.45, 2.75) is 6.61 Å². The molecule has 0 aliphatic carbocycles. The number of halogens is 3. The molecule has 0 aromatic heterocycles. The van der Waals surface area contributed by atoms with Crippen molar-refractivity contribution in [1.29, 1.82) is 0 Å². The van der Waals surface area contributed by atoms with Crippen LogP contribution in [-0.2, 0) is 9.53 Å². The van der Waals surface area contributed by atoms with Gasteiger partial charge in [-0.05, 0) is 36.4 Å². The number of carbonyl (C=O) groups excluding carboxylic acids is 2. The summed E-state index contributed by atoms with van der Waals surface area (Å²) in [5, 5.41) is 2.95. The summed E-state index contributed by atoms with van der Waals surface area (Å²) < 4.78 is 33.3. The molecule has 0 heterocycles. The average molecular weight is 356 g/mol. The van der Waals surface area contributed by atoms with Gasteiger partial charge in [0.1, 0.15) is 5.75 Å². The Bertz CT molecular complexity index is 740. The van der Waals surface area contributed by atoms with E-state index >= 15 is 0 Å². The molecule has 126 valence electrons. The van der Waals surface area contributed by atoms with Crippen LogP contribution in [0.1, 0.15) is 10.4 Å². The second-order valence-electron chi connectivity index (χ2n) is 4.54. The highest BCUT2D eigenvalue weighted by Crippen LogP contribution is 2.17. The maximum absolute atomic E-state index is 12.1. The van der Waals surface area contributed by atoms with E-state index in [2.05, 4.69) is 10.1 Å². The van der Waals surface area contributed by atoms with Gasteiger partial charge in [-0.1, -0.05) is 23.7 Å². The van der Waals surface area contributed by atoms with Gasteiger partial charge in [0.05, 0.1) is 5.56 Å². The van der Waals surface area contributed by atoms with Gasteiger partial charge in [0.15, 0.2) is 6.61 Å². The highest BCUT2D eigenvalue weighted by atomic mass is 35.5. The van der Waals surface area contributed by atoms with Gasteiger partial charge in [-0.3, -0.25) is 4.79 Å². The maximum atomic E-state index is 12.1. The number of carbonyl (C=O) groups is 2. The summed E-state index contributed by atoms with van der Waals surface area (Å²) in [6, 6.07) is 11.5. The van der Waals surface area contributed by atoms with Gasteiger partial charge >= 0.3 is 12.6 Å². The largest absolute Gasteiger partial charge is 0.452 e.